The summed E-state index contributed by atoms with van der Waals surface area (Å²) in [6, 6.07) is 2.90. The summed E-state index contributed by atoms with van der Waals surface area (Å²) in [7, 11) is 0. The van der Waals surface area contributed by atoms with Crippen LogP contribution in [0.2, 0.25) is 0 Å². The lowest BCUT2D eigenvalue weighted by atomic mass is 10.3. The molecule has 0 spiro atoms. The second-order valence-electron chi connectivity index (χ2n) is 3.03. The zero-order valence-corrected chi connectivity index (χ0v) is 10.7. The molecule has 18 heavy (non-hydrogen) atoms. The van der Waals surface area contributed by atoms with E-state index in [4.69, 9.17) is 5.73 Å². The molecule has 0 fully saturated rings. The Morgan fingerprint density at radius 3 is 2.61 bits per heavy atom. The lowest BCUT2D eigenvalue weighted by molar-refractivity contribution is -0.0327. The lowest BCUT2D eigenvalue weighted by Gasteiger charge is -2.06. The van der Waals surface area contributed by atoms with Gasteiger partial charge in [0, 0.05) is 12.3 Å². The Morgan fingerprint density at radius 1 is 1.44 bits per heavy atom. The number of thioether (sulfide) groups is 1. The van der Waals surface area contributed by atoms with Crippen LogP contribution in [0, 0.1) is 0 Å². The summed E-state index contributed by atoms with van der Waals surface area (Å²) in [6.07, 6.45) is 1.30. The fourth-order valence-electron chi connectivity index (χ4n) is 0.961. The van der Waals surface area contributed by atoms with Crippen LogP contribution in [0.15, 0.2) is 18.3 Å². The van der Waals surface area contributed by atoms with E-state index in [2.05, 4.69) is 10.3 Å². The van der Waals surface area contributed by atoms with Gasteiger partial charge in [-0.2, -0.15) is 13.2 Å². The Bertz CT molecular complexity index is 386. The first-order chi connectivity index (χ1) is 7.88. The minimum absolute atomic E-state index is 0. The number of anilines is 1. The first-order valence-corrected chi connectivity index (χ1v) is 5.57. The van der Waals surface area contributed by atoms with Gasteiger partial charge in [-0.25, -0.2) is 4.98 Å². The molecule has 0 saturated carbocycles. The van der Waals surface area contributed by atoms with Gasteiger partial charge >= 0.3 is 5.51 Å². The number of amides is 1. The highest BCUT2D eigenvalue weighted by molar-refractivity contribution is 8.00. The van der Waals surface area contributed by atoms with Crippen LogP contribution in [0.3, 0.4) is 0 Å². The number of nitrogens with two attached hydrogens (primary N) is 1. The molecule has 0 bridgehead atoms. The molecule has 102 valence electrons. The molecule has 0 saturated heterocycles. The van der Waals surface area contributed by atoms with E-state index in [-0.39, 0.29) is 42.2 Å². The van der Waals surface area contributed by atoms with Gasteiger partial charge in [0.15, 0.2) is 0 Å². The molecule has 0 aliphatic heterocycles. The highest BCUT2D eigenvalue weighted by atomic mass is 35.5. The highest BCUT2D eigenvalue weighted by Gasteiger charge is 2.27. The zero-order valence-electron chi connectivity index (χ0n) is 9.03. The molecule has 3 N–H and O–H groups in total. The maximum absolute atomic E-state index is 11.8. The molecule has 0 aromatic carbocycles. The van der Waals surface area contributed by atoms with E-state index >= 15 is 0 Å². The molecule has 0 aliphatic rings. The van der Waals surface area contributed by atoms with Crippen LogP contribution in [0.25, 0.3) is 0 Å². The molecular formula is C9H11ClF3N3OS. The van der Waals surface area contributed by atoms with E-state index in [0.29, 0.717) is 5.69 Å². The quantitative estimate of drug-likeness (QED) is 0.836. The summed E-state index contributed by atoms with van der Waals surface area (Å²) in [6.45, 7) is -0.0743. The Balaban J connectivity index is 0.00000289. The van der Waals surface area contributed by atoms with Crippen LogP contribution in [-0.4, -0.2) is 28.7 Å². The minimum Gasteiger partial charge on any atom is -0.397 e. The number of carbonyl (C=O) groups is 1. The van der Waals surface area contributed by atoms with Crippen molar-refractivity contribution in [2.45, 2.75) is 5.51 Å². The number of rotatable bonds is 4. The number of nitrogens with one attached hydrogen (secondary N) is 1. The number of hydrogen-bond acceptors (Lipinski definition) is 4. The van der Waals surface area contributed by atoms with E-state index < -0.39 is 11.4 Å². The third-order valence-corrected chi connectivity index (χ3v) is 2.41. The number of alkyl halides is 3. The van der Waals surface area contributed by atoms with E-state index in [0.717, 1.165) is 0 Å². The summed E-state index contributed by atoms with van der Waals surface area (Å²) >= 11 is -0.182. The van der Waals surface area contributed by atoms with Crippen LogP contribution in [0.4, 0.5) is 18.9 Å². The van der Waals surface area contributed by atoms with Crippen molar-refractivity contribution in [3.05, 3.63) is 24.0 Å². The Morgan fingerprint density at radius 2 is 2.11 bits per heavy atom. The van der Waals surface area contributed by atoms with Crippen molar-refractivity contribution in [3.63, 3.8) is 0 Å². The number of nitrogens with zero attached hydrogens (tertiary/aromatic N) is 1. The first kappa shape index (κ1) is 16.9. The average Bonchev–Trinajstić information content (AvgIpc) is 2.24. The van der Waals surface area contributed by atoms with Crippen molar-refractivity contribution >= 4 is 35.8 Å². The molecule has 4 nitrogen and oxygen atoms in total. The van der Waals surface area contributed by atoms with Crippen molar-refractivity contribution in [1.29, 1.82) is 0 Å². The van der Waals surface area contributed by atoms with Crippen molar-refractivity contribution < 1.29 is 18.0 Å². The molecule has 9 heteroatoms. The van der Waals surface area contributed by atoms with Gasteiger partial charge in [-0.3, -0.25) is 4.79 Å². The van der Waals surface area contributed by atoms with Gasteiger partial charge in [0.25, 0.3) is 5.91 Å². The number of aromatic nitrogens is 1. The van der Waals surface area contributed by atoms with E-state index in [1.165, 1.54) is 18.3 Å². The molecule has 0 radical (unpaired) electrons. The lowest BCUT2D eigenvalue weighted by Crippen LogP contribution is -2.27. The molecule has 0 atom stereocenters. The molecule has 1 heterocycles. The minimum atomic E-state index is -4.27. The Kier molecular flexibility index (Phi) is 6.85. The second kappa shape index (κ2) is 7.32. The molecule has 1 aromatic heterocycles. The summed E-state index contributed by atoms with van der Waals surface area (Å²) < 4.78 is 35.3. The van der Waals surface area contributed by atoms with Crippen molar-refractivity contribution in [3.8, 4) is 0 Å². The van der Waals surface area contributed by atoms with Crippen molar-refractivity contribution in [2.75, 3.05) is 18.0 Å². The second-order valence-corrected chi connectivity index (χ2v) is 4.19. The van der Waals surface area contributed by atoms with Crippen LogP contribution >= 0.6 is 24.2 Å². The van der Waals surface area contributed by atoms with Gasteiger partial charge in [-0.1, -0.05) is 0 Å². The topological polar surface area (TPSA) is 68.0 Å². The molecule has 1 rings (SSSR count). The largest absolute Gasteiger partial charge is 0.441 e. The predicted octanol–water partition coefficient (Wildman–Crippen LogP) is 2.07. The van der Waals surface area contributed by atoms with Gasteiger partial charge in [0.05, 0.1) is 11.9 Å². The van der Waals surface area contributed by atoms with Crippen LogP contribution < -0.4 is 11.1 Å². The maximum atomic E-state index is 11.8. The van der Waals surface area contributed by atoms with Crippen molar-refractivity contribution in [2.24, 2.45) is 0 Å². The third kappa shape index (κ3) is 6.55. The smallest absolute Gasteiger partial charge is 0.397 e. The van der Waals surface area contributed by atoms with E-state index in [1.807, 2.05) is 0 Å². The number of nitrogen functional groups attached to an aromatic ring is 1. The summed E-state index contributed by atoms with van der Waals surface area (Å²) in [5.74, 6) is -0.753. The standard InChI is InChI=1S/C9H10F3N3OS.ClH/c10-9(11,12)17-4-3-14-8(16)7-2-1-6(13)5-15-7;/h1-2,5H,3-4,13H2,(H,14,16);1H. The molecular weight excluding hydrogens is 291 g/mol. The monoisotopic (exact) mass is 301 g/mol. The third-order valence-electron chi connectivity index (χ3n) is 1.67. The Labute approximate surface area is 112 Å². The molecule has 1 amide bonds. The summed E-state index contributed by atoms with van der Waals surface area (Å²) in [5, 5.41) is 2.33. The molecule has 0 aliphatic carbocycles. The normalized spacial score (nSPS) is 10.6. The number of pyridine rings is 1. The number of carbonyl (C=O) groups excluding carboxylic acids is 1. The highest BCUT2D eigenvalue weighted by Crippen LogP contribution is 2.29. The first-order valence-electron chi connectivity index (χ1n) is 4.59. The number of halogens is 4. The predicted molar refractivity (Wildman–Crippen MR) is 66.7 cm³/mol. The molecule has 1 aromatic rings. The van der Waals surface area contributed by atoms with E-state index in [1.54, 1.807) is 0 Å². The van der Waals surface area contributed by atoms with E-state index in [9.17, 15) is 18.0 Å². The fourth-order valence-corrected chi connectivity index (χ4v) is 1.40. The van der Waals surface area contributed by atoms with Gasteiger partial charge in [-0.05, 0) is 23.9 Å². The van der Waals surface area contributed by atoms with Gasteiger partial charge in [0.1, 0.15) is 5.69 Å². The van der Waals surface area contributed by atoms with Gasteiger partial charge in [0.2, 0.25) is 0 Å². The summed E-state index contributed by atoms with van der Waals surface area (Å²) in [4.78, 5) is 15.1. The zero-order chi connectivity index (χ0) is 12.9. The van der Waals surface area contributed by atoms with Crippen molar-refractivity contribution in [1.82, 2.24) is 10.3 Å². The number of hydrogen-bond donors (Lipinski definition) is 2. The van der Waals surface area contributed by atoms with Crippen LogP contribution in [0.5, 0.6) is 0 Å². The summed E-state index contributed by atoms with van der Waals surface area (Å²) in [5.41, 5.74) is 1.63. The van der Waals surface area contributed by atoms with Crippen LogP contribution in [-0.2, 0) is 0 Å². The Hall–Kier alpha value is -1.15. The SMILES string of the molecule is Cl.Nc1ccc(C(=O)NCCSC(F)(F)F)nc1. The average molecular weight is 302 g/mol. The van der Waals surface area contributed by atoms with Gasteiger partial charge in [-0.15, -0.1) is 12.4 Å². The molecule has 0 unspecified atom stereocenters. The van der Waals surface area contributed by atoms with Crippen LogP contribution in [0.1, 0.15) is 10.5 Å². The maximum Gasteiger partial charge on any atom is 0.441 e. The van der Waals surface area contributed by atoms with Gasteiger partial charge < -0.3 is 11.1 Å². The fraction of sp³-hybridized carbons (Fsp3) is 0.333.